The van der Waals surface area contributed by atoms with Crippen molar-refractivity contribution in [3.8, 4) is 5.88 Å². The molecule has 0 unspecified atom stereocenters. The smallest absolute Gasteiger partial charge is 0.218 e. The molecule has 8 nitrogen and oxygen atoms in total. The molecular weight excluding hydrogens is 358 g/mol. The minimum atomic E-state index is 0.0166. The van der Waals surface area contributed by atoms with Gasteiger partial charge in [-0.1, -0.05) is 6.07 Å². The topological polar surface area (TPSA) is 80.2 Å². The van der Waals surface area contributed by atoms with E-state index in [1.165, 1.54) is 0 Å². The summed E-state index contributed by atoms with van der Waals surface area (Å²) in [5.41, 5.74) is 0.964. The molecule has 0 aliphatic carbocycles. The third-order valence-corrected chi connectivity index (χ3v) is 4.68. The maximum atomic E-state index is 5.70. The summed E-state index contributed by atoms with van der Waals surface area (Å²) in [5, 5.41) is 6.79. The lowest BCUT2D eigenvalue weighted by molar-refractivity contribution is -0.00834. The van der Waals surface area contributed by atoms with Gasteiger partial charge < -0.3 is 24.8 Å². The first kappa shape index (κ1) is 22.4. The van der Waals surface area contributed by atoms with Crippen LogP contribution >= 0.6 is 0 Å². The van der Waals surface area contributed by atoms with Crippen LogP contribution in [-0.2, 0) is 16.0 Å². The van der Waals surface area contributed by atoms with Crippen molar-refractivity contribution in [2.45, 2.75) is 32.9 Å². The molecule has 0 radical (unpaired) electrons. The molecule has 1 saturated heterocycles. The molecule has 1 aliphatic rings. The van der Waals surface area contributed by atoms with Crippen molar-refractivity contribution in [2.75, 3.05) is 59.7 Å². The van der Waals surface area contributed by atoms with E-state index in [0.717, 1.165) is 50.9 Å². The molecule has 2 N–H and O–H groups in total. The molecule has 1 aliphatic heterocycles. The highest BCUT2D eigenvalue weighted by Crippen LogP contribution is 2.16. The van der Waals surface area contributed by atoms with Crippen LogP contribution in [0.2, 0.25) is 0 Å². The number of morpholine rings is 1. The van der Waals surface area contributed by atoms with Gasteiger partial charge in [-0.15, -0.1) is 0 Å². The van der Waals surface area contributed by atoms with Gasteiger partial charge >= 0.3 is 0 Å². The normalized spacial score (nSPS) is 16.1. The largest absolute Gasteiger partial charge is 0.475 e. The molecule has 1 aromatic heterocycles. The van der Waals surface area contributed by atoms with Gasteiger partial charge in [-0.2, -0.15) is 0 Å². The number of pyridine rings is 1. The second-order valence-corrected chi connectivity index (χ2v) is 7.27. The maximum absolute atomic E-state index is 5.70. The number of guanidine groups is 1. The Hall–Kier alpha value is -1.90. The predicted molar refractivity (Wildman–Crippen MR) is 111 cm³/mol. The van der Waals surface area contributed by atoms with Gasteiger partial charge in [0.1, 0.15) is 6.61 Å². The minimum absolute atomic E-state index is 0.0166. The molecule has 0 saturated carbocycles. The number of rotatable bonds is 10. The summed E-state index contributed by atoms with van der Waals surface area (Å²) >= 11 is 0. The molecule has 1 aromatic rings. The van der Waals surface area contributed by atoms with Gasteiger partial charge in [0.15, 0.2) is 5.96 Å². The molecule has 158 valence electrons. The van der Waals surface area contributed by atoms with Gasteiger partial charge in [0.25, 0.3) is 0 Å². The standard InChI is InChI=1S/C20H35N5O3/c1-5-21-19(24-16-20(2,3)25-9-11-27-12-10-25)23-15-17-7-6-8-22-18(17)28-14-13-26-4/h6-8H,5,9-16H2,1-4H3,(H2,21,23,24). The number of hydrogen-bond acceptors (Lipinski definition) is 6. The lowest BCUT2D eigenvalue weighted by Crippen LogP contribution is -2.56. The molecule has 0 amide bonds. The van der Waals surface area contributed by atoms with Crippen LogP contribution in [0.1, 0.15) is 26.3 Å². The first-order valence-corrected chi connectivity index (χ1v) is 9.97. The van der Waals surface area contributed by atoms with E-state index < -0.39 is 0 Å². The van der Waals surface area contributed by atoms with E-state index in [1.54, 1.807) is 13.3 Å². The van der Waals surface area contributed by atoms with Crippen LogP contribution in [0.25, 0.3) is 0 Å². The van der Waals surface area contributed by atoms with E-state index in [9.17, 15) is 0 Å². The zero-order chi connectivity index (χ0) is 20.2. The molecular formula is C20H35N5O3. The maximum Gasteiger partial charge on any atom is 0.218 e. The zero-order valence-corrected chi connectivity index (χ0v) is 17.7. The van der Waals surface area contributed by atoms with Crippen LogP contribution in [0.15, 0.2) is 23.3 Å². The number of ether oxygens (including phenoxy) is 3. The summed E-state index contributed by atoms with van der Waals surface area (Å²) in [6, 6.07) is 3.88. The Morgan fingerprint density at radius 2 is 2.07 bits per heavy atom. The lowest BCUT2D eigenvalue weighted by Gasteiger charge is -2.41. The average Bonchev–Trinajstić information content (AvgIpc) is 2.72. The third kappa shape index (κ3) is 7.26. The number of nitrogens with zero attached hydrogens (tertiary/aromatic N) is 3. The average molecular weight is 394 g/mol. The number of hydrogen-bond donors (Lipinski definition) is 2. The van der Waals surface area contributed by atoms with E-state index in [0.29, 0.717) is 25.6 Å². The number of nitrogens with one attached hydrogen (secondary N) is 2. The molecule has 28 heavy (non-hydrogen) atoms. The third-order valence-electron chi connectivity index (χ3n) is 4.68. The Balaban J connectivity index is 1.96. The highest BCUT2D eigenvalue weighted by Gasteiger charge is 2.28. The number of aromatic nitrogens is 1. The molecule has 2 rings (SSSR count). The van der Waals surface area contributed by atoms with Crippen molar-refractivity contribution in [2.24, 2.45) is 4.99 Å². The van der Waals surface area contributed by atoms with Crippen LogP contribution in [0.3, 0.4) is 0 Å². The van der Waals surface area contributed by atoms with E-state index in [4.69, 9.17) is 19.2 Å². The van der Waals surface area contributed by atoms with Gasteiger partial charge in [-0.3, -0.25) is 4.90 Å². The van der Waals surface area contributed by atoms with Gasteiger partial charge in [-0.25, -0.2) is 9.98 Å². The van der Waals surface area contributed by atoms with Gasteiger partial charge in [-0.05, 0) is 26.8 Å². The van der Waals surface area contributed by atoms with E-state index in [1.807, 2.05) is 12.1 Å². The molecule has 2 heterocycles. The summed E-state index contributed by atoms with van der Waals surface area (Å²) in [5.74, 6) is 1.39. The van der Waals surface area contributed by atoms with Gasteiger partial charge in [0.2, 0.25) is 5.88 Å². The summed E-state index contributed by atoms with van der Waals surface area (Å²) in [6.45, 7) is 13.1. The fraction of sp³-hybridized carbons (Fsp3) is 0.700. The van der Waals surface area contributed by atoms with E-state index in [-0.39, 0.29) is 5.54 Å². The van der Waals surface area contributed by atoms with Gasteiger partial charge in [0, 0.05) is 50.6 Å². The van der Waals surface area contributed by atoms with Crippen LogP contribution in [0, 0.1) is 0 Å². The minimum Gasteiger partial charge on any atom is -0.475 e. The Kier molecular flexibility index (Phi) is 9.46. The van der Waals surface area contributed by atoms with Crippen LogP contribution in [0.4, 0.5) is 0 Å². The van der Waals surface area contributed by atoms with Crippen LogP contribution in [0.5, 0.6) is 5.88 Å². The van der Waals surface area contributed by atoms with Crippen LogP contribution in [-0.4, -0.2) is 81.1 Å². The molecule has 0 aromatic carbocycles. The quantitative estimate of drug-likeness (QED) is 0.352. The van der Waals surface area contributed by atoms with Crippen molar-refractivity contribution in [1.82, 2.24) is 20.5 Å². The first-order chi connectivity index (χ1) is 13.6. The second-order valence-electron chi connectivity index (χ2n) is 7.27. The zero-order valence-electron chi connectivity index (χ0n) is 17.7. The molecule has 0 atom stereocenters. The molecule has 8 heteroatoms. The molecule has 0 spiro atoms. The Labute approximate surface area is 168 Å². The summed E-state index contributed by atoms with van der Waals surface area (Å²) in [6.07, 6.45) is 1.73. The molecule has 1 fully saturated rings. The number of aliphatic imine (C=N–C) groups is 1. The van der Waals surface area contributed by atoms with Crippen molar-refractivity contribution >= 4 is 5.96 Å². The van der Waals surface area contributed by atoms with Crippen molar-refractivity contribution in [3.63, 3.8) is 0 Å². The van der Waals surface area contributed by atoms with Crippen molar-refractivity contribution in [1.29, 1.82) is 0 Å². The van der Waals surface area contributed by atoms with Crippen molar-refractivity contribution in [3.05, 3.63) is 23.9 Å². The highest BCUT2D eigenvalue weighted by atomic mass is 16.5. The summed E-state index contributed by atoms with van der Waals surface area (Å²) in [4.78, 5) is 11.5. The van der Waals surface area contributed by atoms with E-state index in [2.05, 4.69) is 41.3 Å². The second kappa shape index (κ2) is 11.8. The number of methoxy groups -OCH3 is 1. The summed E-state index contributed by atoms with van der Waals surface area (Å²) in [7, 11) is 1.65. The Morgan fingerprint density at radius 1 is 1.29 bits per heavy atom. The van der Waals surface area contributed by atoms with Crippen LogP contribution < -0.4 is 15.4 Å². The lowest BCUT2D eigenvalue weighted by atomic mass is 10.0. The first-order valence-electron chi connectivity index (χ1n) is 9.97. The fourth-order valence-corrected chi connectivity index (χ4v) is 2.98. The monoisotopic (exact) mass is 393 g/mol. The van der Waals surface area contributed by atoms with Crippen molar-refractivity contribution < 1.29 is 14.2 Å². The predicted octanol–water partition coefficient (Wildman–Crippen LogP) is 1.27. The highest BCUT2D eigenvalue weighted by molar-refractivity contribution is 5.79. The Morgan fingerprint density at radius 3 is 2.79 bits per heavy atom. The SMILES string of the molecule is CCNC(=NCc1cccnc1OCCOC)NCC(C)(C)N1CCOCC1. The van der Waals surface area contributed by atoms with E-state index >= 15 is 0 Å². The molecule has 0 bridgehead atoms. The van der Waals surface area contributed by atoms with Gasteiger partial charge in [0.05, 0.1) is 26.4 Å². The fourth-order valence-electron chi connectivity index (χ4n) is 2.98. The summed E-state index contributed by atoms with van der Waals surface area (Å²) < 4.78 is 16.2. The Bertz CT molecular complexity index is 603.